The molecule has 2 aliphatic rings. The Bertz CT molecular complexity index is 980. The minimum absolute atomic E-state index is 0.0115. The third kappa shape index (κ3) is 12.3. The molecule has 37 heavy (non-hydrogen) atoms. The predicted octanol–water partition coefficient (Wildman–Crippen LogP) is 6.03. The van der Waals surface area contributed by atoms with Gasteiger partial charge in [-0.15, -0.1) is 0 Å². The zero-order chi connectivity index (χ0) is 28.8. The van der Waals surface area contributed by atoms with Crippen LogP contribution in [0, 0.1) is 17.8 Å². The van der Waals surface area contributed by atoms with Gasteiger partial charge >= 0.3 is 187 Å². The molecule has 0 heterocycles. The summed E-state index contributed by atoms with van der Waals surface area (Å²) in [4.78, 5) is 45.6. The van der Waals surface area contributed by atoms with Gasteiger partial charge in [-0.1, -0.05) is 20.4 Å². The van der Waals surface area contributed by atoms with Crippen LogP contribution in [0.25, 0.3) is 0 Å². The van der Waals surface area contributed by atoms with Crippen LogP contribution in [0.1, 0.15) is 52.9 Å². The topological polar surface area (TPSA) is 88.5 Å². The van der Waals surface area contributed by atoms with Gasteiger partial charge in [-0.25, -0.2) is 0 Å². The molecule has 0 aromatic heterocycles. The van der Waals surface area contributed by atoms with Crippen LogP contribution in [0.5, 0.6) is 0 Å². The molecule has 203 valence electrons. The van der Waals surface area contributed by atoms with Gasteiger partial charge in [-0.05, 0) is 6.08 Å². The molecular formula is C28H34F3O5Se. The number of carboxylic acid groups (broad SMARTS) is 1. The fourth-order valence-corrected chi connectivity index (χ4v) is 4.35. The van der Waals surface area contributed by atoms with E-state index >= 15 is 0 Å². The summed E-state index contributed by atoms with van der Waals surface area (Å²) >= 11 is 2.82. The van der Waals surface area contributed by atoms with E-state index in [0.717, 1.165) is 17.7 Å². The Morgan fingerprint density at radius 3 is 2.30 bits per heavy atom. The number of aliphatic carboxylic acids is 1. The van der Waals surface area contributed by atoms with Gasteiger partial charge in [-0.3, -0.25) is 4.79 Å². The SMILES string of the molecule is C=C(C(=O)O)[C@@H]1CC/C(C)=C/C(=O)/C=C(/[Se])[C@@H](CC(=O)C2C=CC(C(F)(F)F)=CC2)C1.C=CC=O.CC. The number of hydrogen-bond donors (Lipinski definition) is 1. The van der Waals surface area contributed by atoms with Crippen molar-refractivity contribution in [3.63, 3.8) is 0 Å². The first-order valence-electron chi connectivity index (χ1n) is 11.9. The maximum absolute atomic E-state index is 12.8. The molecule has 2 rings (SSSR count). The van der Waals surface area contributed by atoms with E-state index in [1.807, 2.05) is 13.8 Å². The molecule has 2 aliphatic carbocycles. The van der Waals surface area contributed by atoms with Crippen LogP contribution in [0.3, 0.4) is 0 Å². The molecule has 0 amide bonds. The number of carbonyl (C=O) groups excluding carboxylic acids is 3. The maximum atomic E-state index is 12.8. The number of alkyl halides is 3. The van der Waals surface area contributed by atoms with Crippen LogP contribution < -0.4 is 0 Å². The van der Waals surface area contributed by atoms with Crippen molar-refractivity contribution in [3.8, 4) is 0 Å². The molecule has 0 bridgehead atoms. The molecule has 0 aliphatic heterocycles. The van der Waals surface area contributed by atoms with E-state index in [2.05, 4.69) is 29.2 Å². The van der Waals surface area contributed by atoms with Crippen molar-refractivity contribution in [2.24, 2.45) is 17.8 Å². The number of ketones is 2. The number of Topliss-reactive ketones (excluding diaryl/α,β-unsaturated/α-hetero) is 1. The van der Waals surface area contributed by atoms with Crippen molar-refractivity contribution < 1.29 is 37.5 Å². The van der Waals surface area contributed by atoms with Gasteiger partial charge in [0.1, 0.15) is 6.29 Å². The van der Waals surface area contributed by atoms with Crippen LogP contribution >= 0.6 is 0 Å². The number of rotatable bonds is 6. The normalized spacial score (nSPS) is 24.6. The molecular weight excluding hydrogens is 552 g/mol. The Morgan fingerprint density at radius 1 is 1.24 bits per heavy atom. The number of allylic oxidation sites excluding steroid dienone is 9. The molecule has 1 unspecified atom stereocenters. The standard InChI is InChI=1S/C23H24F3O4Se.C3H4O.C2H6/c1-13-3-4-16(14(2)22(29)30)10-17(21(31)12-19(27)9-13)11-20(28)15-5-7-18(8-6-15)23(24,25)26;1-2-3-4;1-2/h5,7-9,12,15-17H,2-4,6,10-11H2,1H3,(H,29,30);2-3H,1H2;1-2H3/b13-9+,21-12+;;/t15?,16-,17-;;/m1../s1. The van der Waals surface area contributed by atoms with E-state index in [1.54, 1.807) is 6.92 Å². The molecule has 0 saturated carbocycles. The minimum Gasteiger partial charge on any atom is -0.299 e. The second kappa shape index (κ2) is 16.9. The third-order valence-electron chi connectivity index (χ3n) is 5.68. The summed E-state index contributed by atoms with van der Waals surface area (Å²) in [5.41, 5.74) is 0.0943. The van der Waals surface area contributed by atoms with Crippen LogP contribution in [-0.4, -0.2) is 51.1 Å². The Balaban J connectivity index is 0.00000196. The van der Waals surface area contributed by atoms with Crippen LogP contribution in [0.2, 0.25) is 0 Å². The van der Waals surface area contributed by atoms with Gasteiger partial charge in [0.25, 0.3) is 0 Å². The van der Waals surface area contributed by atoms with Crippen molar-refractivity contribution >= 4 is 39.8 Å². The molecule has 0 fully saturated rings. The van der Waals surface area contributed by atoms with Gasteiger partial charge in [0.05, 0.1) is 0 Å². The first-order valence-corrected chi connectivity index (χ1v) is 12.7. The Hall–Kier alpha value is -2.77. The number of halogens is 3. The molecule has 5 nitrogen and oxygen atoms in total. The summed E-state index contributed by atoms with van der Waals surface area (Å²) in [6, 6.07) is 0. The molecule has 9 heteroatoms. The molecule has 1 radical (unpaired) electrons. The van der Waals surface area contributed by atoms with E-state index in [9.17, 15) is 32.7 Å². The van der Waals surface area contributed by atoms with Gasteiger partial charge < -0.3 is 0 Å². The fraction of sp³-hybridized carbons (Fsp3) is 0.429. The summed E-state index contributed by atoms with van der Waals surface area (Å²) in [7, 11) is 0. The average molecular weight is 587 g/mol. The monoisotopic (exact) mass is 587 g/mol. The number of aldehydes is 1. The van der Waals surface area contributed by atoms with Crippen molar-refractivity contribution in [2.75, 3.05) is 0 Å². The van der Waals surface area contributed by atoms with Crippen LogP contribution in [0.4, 0.5) is 13.2 Å². The summed E-state index contributed by atoms with van der Waals surface area (Å²) in [5, 5.41) is 9.39. The quantitative estimate of drug-likeness (QED) is 0.233. The van der Waals surface area contributed by atoms with E-state index in [4.69, 9.17) is 4.79 Å². The Labute approximate surface area is 224 Å². The van der Waals surface area contributed by atoms with Crippen molar-refractivity contribution in [3.05, 3.63) is 70.8 Å². The van der Waals surface area contributed by atoms with Crippen molar-refractivity contribution in [1.29, 1.82) is 0 Å². The largest absolute Gasteiger partial charge is 0.299 e. The molecule has 0 aromatic rings. The minimum atomic E-state index is -4.45. The molecule has 3 atom stereocenters. The average Bonchev–Trinajstić information content (AvgIpc) is 2.85. The van der Waals surface area contributed by atoms with E-state index in [0.29, 0.717) is 30.0 Å². The smallest absolute Gasteiger partial charge is 0.142 e. The Kier molecular flexibility index (Phi) is 15.6. The zero-order valence-electron chi connectivity index (χ0n) is 21.3. The molecule has 0 saturated heterocycles. The zero-order valence-corrected chi connectivity index (χ0v) is 23.1. The summed E-state index contributed by atoms with van der Waals surface area (Å²) in [6.45, 7) is 12.6. The second-order valence-corrected chi connectivity index (χ2v) is 9.33. The number of hydrogen-bond acceptors (Lipinski definition) is 4. The second-order valence-electron chi connectivity index (χ2n) is 8.34. The van der Waals surface area contributed by atoms with E-state index in [-0.39, 0.29) is 30.0 Å². The maximum Gasteiger partial charge on any atom is 0.142 e. The first kappa shape index (κ1) is 34.2. The summed E-state index contributed by atoms with van der Waals surface area (Å²) < 4.78 is 38.9. The van der Waals surface area contributed by atoms with E-state index < -0.39 is 35.5 Å². The predicted molar refractivity (Wildman–Crippen MR) is 139 cm³/mol. The molecule has 1 N–H and O–H groups in total. The third-order valence-corrected chi connectivity index (χ3v) is 6.63. The van der Waals surface area contributed by atoms with Crippen LogP contribution in [-0.2, 0) is 19.2 Å². The first-order chi connectivity index (χ1) is 17.3. The van der Waals surface area contributed by atoms with Gasteiger partial charge in [0.2, 0.25) is 0 Å². The Morgan fingerprint density at radius 2 is 1.84 bits per heavy atom. The fourth-order valence-electron chi connectivity index (χ4n) is 3.73. The number of carboxylic acids is 1. The molecule has 0 aromatic carbocycles. The van der Waals surface area contributed by atoms with E-state index in [1.165, 1.54) is 24.3 Å². The van der Waals surface area contributed by atoms with Crippen molar-refractivity contribution in [2.45, 2.75) is 59.1 Å². The van der Waals surface area contributed by atoms with Gasteiger partial charge in [0, 0.05) is 0 Å². The van der Waals surface area contributed by atoms with Crippen molar-refractivity contribution in [1.82, 2.24) is 0 Å². The van der Waals surface area contributed by atoms with Gasteiger partial charge in [0.15, 0.2) is 0 Å². The van der Waals surface area contributed by atoms with Crippen LogP contribution in [0.15, 0.2) is 70.8 Å². The number of carbonyl (C=O) groups is 4. The summed E-state index contributed by atoms with van der Waals surface area (Å²) in [6.07, 6.45) is 4.69. The molecule has 0 spiro atoms. The van der Waals surface area contributed by atoms with Gasteiger partial charge in [-0.2, -0.15) is 0 Å². The summed E-state index contributed by atoms with van der Waals surface area (Å²) in [5.74, 6) is -3.14.